The van der Waals surface area contributed by atoms with Crippen molar-refractivity contribution in [2.75, 3.05) is 39.3 Å². The van der Waals surface area contributed by atoms with Gasteiger partial charge in [-0.2, -0.15) is 0 Å². The minimum Gasteiger partial charge on any atom is -0.492 e. The Kier molecular flexibility index (Phi) is 6.44. The van der Waals surface area contributed by atoms with E-state index in [2.05, 4.69) is 26.1 Å². The van der Waals surface area contributed by atoms with Crippen molar-refractivity contribution in [3.8, 4) is 5.75 Å². The molecule has 0 unspecified atom stereocenters. The van der Waals surface area contributed by atoms with E-state index in [1.165, 1.54) is 26.1 Å². The summed E-state index contributed by atoms with van der Waals surface area (Å²) >= 11 is 9.34. The zero-order chi connectivity index (χ0) is 13.5. The van der Waals surface area contributed by atoms with E-state index >= 15 is 0 Å². The van der Waals surface area contributed by atoms with Crippen LogP contribution in [0.4, 0.5) is 0 Å². The van der Waals surface area contributed by atoms with Crippen LogP contribution in [0.15, 0.2) is 22.7 Å². The van der Waals surface area contributed by atoms with Crippen LogP contribution in [0.1, 0.15) is 12.8 Å². The van der Waals surface area contributed by atoms with Crippen molar-refractivity contribution in [2.45, 2.75) is 12.8 Å². The molecule has 1 aromatic carbocycles. The van der Waals surface area contributed by atoms with Crippen LogP contribution in [0.2, 0.25) is 5.02 Å². The van der Waals surface area contributed by atoms with Crippen molar-refractivity contribution in [1.29, 1.82) is 0 Å². The number of unbranched alkanes of at least 4 members (excludes halogenated alkanes) is 1. The van der Waals surface area contributed by atoms with Crippen LogP contribution >= 0.6 is 27.5 Å². The van der Waals surface area contributed by atoms with E-state index in [1.807, 2.05) is 18.2 Å². The van der Waals surface area contributed by atoms with Gasteiger partial charge in [0.25, 0.3) is 0 Å². The number of hydrogen-bond donors (Lipinski definition) is 1. The van der Waals surface area contributed by atoms with Gasteiger partial charge in [-0.1, -0.05) is 11.6 Å². The molecule has 1 heterocycles. The highest BCUT2D eigenvalue weighted by Gasteiger charge is 2.08. The number of halogens is 2. The number of nitrogens with zero attached hydrogens (tertiary/aromatic N) is 1. The number of piperazine rings is 1. The maximum Gasteiger partial charge on any atom is 0.133 e. The zero-order valence-corrected chi connectivity index (χ0v) is 13.3. The molecule has 1 aliphatic heterocycles. The molecule has 1 saturated heterocycles. The number of rotatable bonds is 6. The van der Waals surface area contributed by atoms with Crippen LogP contribution in [0.5, 0.6) is 5.75 Å². The summed E-state index contributed by atoms with van der Waals surface area (Å²) < 4.78 is 6.66. The van der Waals surface area contributed by atoms with Crippen molar-refractivity contribution in [3.05, 3.63) is 27.7 Å². The standard InChI is InChI=1S/C14H20BrClN2O/c15-13-11-12(16)3-4-14(13)19-10-2-1-7-18-8-5-17-6-9-18/h3-4,11,17H,1-2,5-10H2. The van der Waals surface area contributed by atoms with Crippen molar-refractivity contribution in [1.82, 2.24) is 10.2 Å². The fraction of sp³-hybridized carbons (Fsp3) is 0.571. The maximum absolute atomic E-state index is 5.89. The van der Waals surface area contributed by atoms with Gasteiger partial charge in [-0.3, -0.25) is 0 Å². The molecular formula is C14H20BrClN2O. The Bertz CT molecular complexity index is 397. The van der Waals surface area contributed by atoms with Crippen LogP contribution in [0.25, 0.3) is 0 Å². The summed E-state index contributed by atoms with van der Waals surface area (Å²) in [6, 6.07) is 5.61. The molecule has 0 amide bonds. The summed E-state index contributed by atoms with van der Waals surface area (Å²) in [6.07, 6.45) is 2.27. The number of nitrogens with one attached hydrogen (secondary N) is 1. The van der Waals surface area contributed by atoms with E-state index in [1.54, 1.807) is 0 Å². The molecule has 0 saturated carbocycles. The monoisotopic (exact) mass is 346 g/mol. The minimum absolute atomic E-state index is 0.720. The molecule has 3 nitrogen and oxygen atoms in total. The van der Waals surface area contributed by atoms with Crippen molar-refractivity contribution >= 4 is 27.5 Å². The van der Waals surface area contributed by atoms with Gasteiger partial charge in [0.05, 0.1) is 11.1 Å². The van der Waals surface area contributed by atoms with E-state index in [0.29, 0.717) is 0 Å². The highest BCUT2D eigenvalue weighted by Crippen LogP contribution is 2.28. The molecule has 1 N–H and O–H groups in total. The smallest absolute Gasteiger partial charge is 0.133 e. The first-order valence-electron chi connectivity index (χ1n) is 6.76. The van der Waals surface area contributed by atoms with Crippen molar-refractivity contribution in [3.63, 3.8) is 0 Å². The molecule has 19 heavy (non-hydrogen) atoms. The van der Waals surface area contributed by atoms with Crippen LogP contribution in [-0.4, -0.2) is 44.2 Å². The largest absolute Gasteiger partial charge is 0.492 e. The molecule has 0 bridgehead atoms. The highest BCUT2D eigenvalue weighted by molar-refractivity contribution is 9.10. The second kappa shape index (κ2) is 8.10. The molecule has 0 atom stereocenters. The third-order valence-corrected chi connectivity index (χ3v) is 4.08. The summed E-state index contributed by atoms with van der Waals surface area (Å²) in [5.41, 5.74) is 0. The summed E-state index contributed by atoms with van der Waals surface area (Å²) in [7, 11) is 0. The summed E-state index contributed by atoms with van der Waals surface area (Å²) in [5, 5.41) is 4.09. The molecule has 1 aromatic rings. The Balaban J connectivity index is 1.61. The average Bonchev–Trinajstić information content (AvgIpc) is 2.42. The van der Waals surface area contributed by atoms with E-state index < -0.39 is 0 Å². The quantitative estimate of drug-likeness (QED) is 0.800. The number of ether oxygens (including phenoxy) is 1. The topological polar surface area (TPSA) is 24.5 Å². The van der Waals surface area contributed by atoms with E-state index in [0.717, 1.165) is 41.4 Å². The van der Waals surface area contributed by atoms with Gasteiger partial charge in [0.2, 0.25) is 0 Å². The van der Waals surface area contributed by atoms with Gasteiger partial charge in [-0.05, 0) is 53.5 Å². The van der Waals surface area contributed by atoms with Gasteiger partial charge in [0.15, 0.2) is 0 Å². The maximum atomic E-state index is 5.89. The van der Waals surface area contributed by atoms with E-state index in [4.69, 9.17) is 16.3 Å². The first-order valence-corrected chi connectivity index (χ1v) is 7.94. The van der Waals surface area contributed by atoms with Gasteiger partial charge in [0, 0.05) is 31.2 Å². The molecule has 1 fully saturated rings. The third kappa shape index (κ3) is 5.30. The first kappa shape index (κ1) is 15.1. The van der Waals surface area contributed by atoms with Crippen LogP contribution in [0.3, 0.4) is 0 Å². The molecule has 5 heteroatoms. The molecule has 0 aromatic heterocycles. The van der Waals surface area contributed by atoms with Crippen LogP contribution in [-0.2, 0) is 0 Å². The number of hydrogen-bond acceptors (Lipinski definition) is 3. The molecular weight excluding hydrogens is 328 g/mol. The predicted octanol–water partition coefficient (Wildman–Crippen LogP) is 3.17. The molecule has 0 aliphatic carbocycles. The first-order chi connectivity index (χ1) is 9.25. The Morgan fingerprint density at radius 3 is 2.79 bits per heavy atom. The highest BCUT2D eigenvalue weighted by atomic mass is 79.9. The normalized spacial score (nSPS) is 16.5. The predicted molar refractivity (Wildman–Crippen MR) is 83.2 cm³/mol. The van der Waals surface area contributed by atoms with Gasteiger partial charge >= 0.3 is 0 Å². The summed E-state index contributed by atoms with van der Waals surface area (Å²) in [4.78, 5) is 2.51. The fourth-order valence-electron chi connectivity index (χ4n) is 2.15. The molecule has 0 radical (unpaired) electrons. The molecule has 0 spiro atoms. The number of benzene rings is 1. The molecule has 1 aliphatic rings. The second-order valence-electron chi connectivity index (χ2n) is 4.72. The van der Waals surface area contributed by atoms with E-state index in [9.17, 15) is 0 Å². The van der Waals surface area contributed by atoms with Crippen molar-refractivity contribution < 1.29 is 4.74 Å². The Morgan fingerprint density at radius 2 is 2.05 bits per heavy atom. The molecule has 106 valence electrons. The third-order valence-electron chi connectivity index (χ3n) is 3.23. The Morgan fingerprint density at radius 1 is 1.26 bits per heavy atom. The Hall–Kier alpha value is -0.290. The summed E-state index contributed by atoms with van der Waals surface area (Å²) in [6.45, 7) is 6.51. The lowest BCUT2D eigenvalue weighted by atomic mass is 10.2. The van der Waals surface area contributed by atoms with Gasteiger partial charge < -0.3 is 15.0 Å². The SMILES string of the molecule is Clc1ccc(OCCCCN2CCNCC2)c(Br)c1. The van der Waals surface area contributed by atoms with Gasteiger partial charge in [-0.25, -0.2) is 0 Å². The lowest BCUT2D eigenvalue weighted by molar-refractivity contribution is 0.226. The summed E-state index contributed by atoms with van der Waals surface area (Å²) in [5.74, 6) is 0.867. The molecule has 2 rings (SSSR count). The van der Waals surface area contributed by atoms with Crippen LogP contribution < -0.4 is 10.1 Å². The van der Waals surface area contributed by atoms with Gasteiger partial charge in [-0.15, -0.1) is 0 Å². The second-order valence-corrected chi connectivity index (χ2v) is 6.01. The van der Waals surface area contributed by atoms with Crippen LogP contribution in [0, 0.1) is 0 Å². The minimum atomic E-state index is 0.720. The Labute approximate surface area is 128 Å². The van der Waals surface area contributed by atoms with E-state index in [-0.39, 0.29) is 0 Å². The lowest BCUT2D eigenvalue weighted by Gasteiger charge is -2.27. The fourth-order valence-corrected chi connectivity index (χ4v) is 2.94. The lowest BCUT2D eigenvalue weighted by Crippen LogP contribution is -2.43. The average molecular weight is 348 g/mol. The zero-order valence-electron chi connectivity index (χ0n) is 11.0. The van der Waals surface area contributed by atoms with Gasteiger partial charge in [0.1, 0.15) is 5.75 Å². The van der Waals surface area contributed by atoms with Crippen molar-refractivity contribution in [2.24, 2.45) is 0 Å².